The average Bonchev–Trinajstić information content (AvgIpc) is 3.51. The number of nitrogens with two attached hydrogens (primary N) is 1. The number of para-hydroxylation sites is 1. The summed E-state index contributed by atoms with van der Waals surface area (Å²) >= 11 is 0. The predicted molar refractivity (Wildman–Crippen MR) is 126 cm³/mol. The SMILES string of the molecule is CC#CC(=O)N1CCC(N2NC(c3ccc(Oc4c(F)cccc4F)cc3)C3C(N)NNC(=O)C32)C1. The van der Waals surface area contributed by atoms with Gasteiger partial charge in [0.05, 0.1) is 12.2 Å². The number of hydrazine groups is 2. The van der Waals surface area contributed by atoms with Crippen LogP contribution in [0.3, 0.4) is 0 Å². The maximum absolute atomic E-state index is 14.0. The second-order valence-corrected chi connectivity index (χ2v) is 8.99. The Balaban J connectivity index is 1.38. The topological polar surface area (TPSA) is 112 Å². The van der Waals surface area contributed by atoms with Crippen molar-refractivity contribution in [1.29, 1.82) is 0 Å². The molecule has 0 radical (unpaired) electrons. The minimum atomic E-state index is -0.797. The molecule has 0 bridgehead atoms. The van der Waals surface area contributed by atoms with Crippen LogP contribution in [0.15, 0.2) is 42.5 Å². The first-order valence-electron chi connectivity index (χ1n) is 11.7. The van der Waals surface area contributed by atoms with Gasteiger partial charge in [0.1, 0.15) is 11.8 Å². The molecule has 3 aliphatic heterocycles. The highest BCUT2D eigenvalue weighted by molar-refractivity contribution is 5.93. The molecule has 5 N–H and O–H groups in total. The maximum Gasteiger partial charge on any atom is 0.298 e. The number of hydrogen-bond donors (Lipinski definition) is 4. The van der Waals surface area contributed by atoms with E-state index in [1.54, 1.807) is 36.1 Å². The Labute approximate surface area is 206 Å². The third-order valence-electron chi connectivity index (χ3n) is 6.84. The van der Waals surface area contributed by atoms with Crippen LogP contribution in [0.25, 0.3) is 0 Å². The highest BCUT2D eigenvalue weighted by atomic mass is 19.1. The normalized spacial score (nSPS) is 27.7. The van der Waals surface area contributed by atoms with Crippen LogP contribution >= 0.6 is 0 Å². The average molecular weight is 497 g/mol. The lowest BCUT2D eigenvalue weighted by Gasteiger charge is -2.36. The Hall–Kier alpha value is -3.56. The Morgan fingerprint density at radius 3 is 2.58 bits per heavy atom. The van der Waals surface area contributed by atoms with Crippen molar-refractivity contribution in [2.75, 3.05) is 13.1 Å². The van der Waals surface area contributed by atoms with Crippen molar-refractivity contribution in [3.8, 4) is 23.3 Å². The molecular weight excluding hydrogens is 470 g/mol. The largest absolute Gasteiger partial charge is 0.451 e. The van der Waals surface area contributed by atoms with Gasteiger partial charge in [-0.15, -0.1) is 0 Å². The highest BCUT2D eigenvalue weighted by Crippen LogP contribution is 2.39. The molecule has 9 nitrogen and oxygen atoms in total. The molecule has 3 heterocycles. The molecular formula is C25H26F2N6O3. The van der Waals surface area contributed by atoms with E-state index < -0.39 is 29.6 Å². The van der Waals surface area contributed by atoms with Crippen LogP contribution in [0, 0.1) is 29.4 Å². The lowest BCUT2D eigenvalue weighted by molar-refractivity contribution is -0.132. The molecule has 3 saturated heterocycles. The van der Waals surface area contributed by atoms with E-state index in [9.17, 15) is 18.4 Å². The number of carbonyl (C=O) groups excluding carboxylic acids is 2. The Kier molecular flexibility index (Phi) is 6.59. The molecule has 2 aromatic carbocycles. The van der Waals surface area contributed by atoms with Crippen molar-refractivity contribution in [1.82, 2.24) is 26.2 Å². The molecule has 0 aromatic heterocycles. The number of ether oxygens (including phenoxy) is 1. The van der Waals surface area contributed by atoms with Crippen LogP contribution in [0.5, 0.6) is 11.5 Å². The number of likely N-dealkylation sites (tertiary alicyclic amines) is 1. The summed E-state index contributed by atoms with van der Waals surface area (Å²) in [7, 11) is 0. The summed E-state index contributed by atoms with van der Waals surface area (Å²) in [6.07, 6.45) is 0.139. The van der Waals surface area contributed by atoms with Gasteiger partial charge in [0.2, 0.25) is 0 Å². The zero-order valence-electron chi connectivity index (χ0n) is 19.5. The highest BCUT2D eigenvalue weighted by Gasteiger charge is 2.54. The maximum atomic E-state index is 14.0. The predicted octanol–water partition coefficient (Wildman–Crippen LogP) is 1.15. The van der Waals surface area contributed by atoms with E-state index in [1.807, 2.05) is 5.01 Å². The summed E-state index contributed by atoms with van der Waals surface area (Å²) in [5.74, 6) is 2.61. The van der Waals surface area contributed by atoms with Gasteiger partial charge in [-0.05, 0) is 49.1 Å². The van der Waals surface area contributed by atoms with Crippen LogP contribution in [-0.2, 0) is 9.59 Å². The molecule has 3 aliphatic rings. The quantitative estimate of drug-likeness (QED) is 0.470. The van der Waals surface area contributed by atoms with Crippen LogP contribution in [-0.4, -0.2) is 53.1 Å². The number of carbonyl (C=O) groups is 2. The second kappa shape index (κ2) is 9.83. The zero-order valence-corrected chi connectivity index (χ0v) is 19.5. The summed E-state index contributed by atoms with van der Waals surface area (Å²) in [6.45, 7) is 2.60. The molecule has 3 fully saturated rings. The first-order valence-corrected chi connectivity index (χ1v) is 11.7. The van der Waals surface area contributed by atoms with E-state index in [4.69, 9.17) is 10.5 Å². The molecule has 2 amide bonds. The number of hydrogen-bond acceptors (Lipinski definition) is 7. The number of rotatable bonds is 4. The van der Waals surface area contributed by atoms with Crippen molar-refractivity contribution in [2.45, 2.75) is 37.6 Å². The number of benzene rings is 2. The number of nitrogens with one attached hydrogen (secondary N) is 3. The van der Waals surface area contributed by atoms with Crippen molar-refractivity contribution < 1.29 is 23.1 Å². The van der Waals surface area contributed by atoms with Gasteiger partial charge in [-0.2, -0.15) is 0 Å². The van der Waals surface area contributed by atoms with Crippen molar-refractivity contribution in [2.24, 2.45) is 11.7 Å². The zero-order chi connectivity index (χ0) is 25.4. The first kappa shape index (κ1) is 24.1. The number of nitrogens with zero attached hydrogens (tertiary/aromatic N) is 2. The van der Waals surface area contributed by atoms with Crippen LogP contribution in [0.1, 0.15) is 24.9 Å². The molecule has 188 valence electrons. The van der Waals surface area contributed by atoms with Gasteiger partial charge < -0.3 is 15.4 Å². The monoisotopic (exact) mass is 496 g/mol. The molecule has 5 unspecified atom stereocenters. The van der Waals surface area contributed by atoms with E-state index in [2.05, 4.69) is 28.1 Å². The Bertz CT molecular complexity index is 1210. The minimum absolute atomic E-state index is 0.104. The molecule has 36 heavy (non-hydrogen) atoms. The van der Waals surface area contributed by atoms with Crippen molar-refractivity contribution in [3.05, 3.63) is 59.7 Å². The molecule has 5 atom stereocenters. The van der Waals surface area contributed by atoms with Gasteiger partial charge in [-0.3, -0.25) is 15.0 Å². The van der Waals surface area contributed by atoms with E-state index in [0.29, 0.717) is 19.5 Å². The number of amides is 2. The Morgan fingerprint density at radius 1 is 1.17 bits per heavy atom. The third-order valence-corrected chi connectivity index (χ3v) is 6.84. The lowest BCUT2D eigenvalue weighted by Crippen LogP contribution is -2.67. The van der Waals surface area contributed by atoms with Gasteiger partial charge in [0.15, 0.2) is 17.4 Å². The fraction of sp³-hybridized carbons (Fsp3) is 0.360. The van der Waals surface area contributed by atoms with Gasteiger partial charge >= 0.3 is 0 Å². The van der Waals surface area contributed by atoms with Gasteiger partial charge in [0, 0.05) is 25.0 Å². The van der Waals surface area contributed by atoms with Crippen LogP contribution < -0.4 is 26.7 Å². The van der Waals surface area contributed by atoms with E-state index >= 15 is 0 Å². The molecule has 0 aliphatic carbocycles. The summed E-state index contributed by atoms with van der Waals surface area (Å²) in [5, 5.41) is 1.90. The number of halogens is 2. The van der Waals surface area contributed by atoms with Crippen molar-refractivity contribution in [3.63, 3.8) is 0 Å². The van der Waals surface area contributed by atoms with Crippen molar-refractivity contribution >= 4 is 11.8 Å². The fourth-order valence-electron chi connectivity index (χ4n) is 5.13. The smallest absolute Gasteiger partial charge is 0.298 e. The van der Waals surface area contributed by atoms with Crippen LogP contribution in [0.2, 0.25) is 0 Å². The van der Waals surface area contributed by atoms with Gasteiger partial charge in [-0.25, -0.2) is 24.6 Å². The molecule has 0 saturated carbocycles. The summed E-state index contributed by atoms with van der Waals surface area (Å²) in [6, 6.07) is 9.28. The Morgan fingerprint density at radius 2 is 1.89 bits per heavy atom. The van der Waals surface area contributed by atoms with E-state index in [-0.39, 0.29) is 35.6 Å². The second-order valence-electron chi connectivity index (χ2n) is 8.99. The molecule has 5 rings (SSSR count). The minimum Gasteiger partial charge on any atom is -0.451 e. The van der Waals surface area contributed by atoms with Gasteiger partial charge in [0.25, 0.3) is 11.8 Å². The molecule has 2 aromatic rings. The standard InChI is InChI=1S/C25H26F2N6O3/c1-2-4-19(34)32-12-11-15(13-32)33-22-20(24(28)29-30-25(22)35)21(31-33)14-7-9-16(10-8-14)36-23-17(26)5-3-6-18(23)27/h3,5-10,15,20-22,24,29,31H,11-13,28H2,1H3,(H,30,35). The first-order chi connectivity index (χ1) is 17.4. The summed E-state index contributed by atoms with van der Waals surface area (Å²) in [4.78, 5) is 26.8. The summed E-state index contributed by atoms with van der Waals surface area (Å²) < 4.78 is 33.4. The molecule has 0 spiro atoms. The third kappa shape index (κ3) is 4.40. The van der Waals surface area contributed by atoms with E-state index in [0.717, 1.165) is 17.7 Å². The fourth-order valence-corrected chi connectivity index (χ4v) is 5.13. The summed E-state index contributed by atoms with van der Waals surface area (Å²) in [5.41, 5.74) is 16.1. The molecule has 11 heteroatoms. The van der Waals surface area contributed by atoms with Crippen LogP contribution in [0.4, 0.5) is 8.78 Å². The van der Waals surface area contributed by atoms with E-state index in [1.165, 1.54) is 6.07 Å². The number of fused-ring (bicyclic) bond motifs is 1. The van der Waals surface area contributed by atoms with Gasteiger partial charge in [-0.1, -0.05) is 24.1 Å². The lowest BCUT2D eigenvalue weighted by atomic mass is 9.85.